The number of rotatable bonds is 5. The molecule has 6 nitrogen and oxygen atoms in total. The Morgan fingerprint density at radius 1 is 1.42 bits per heavy atom. The smallest absolute Gasteiger partial charge is 0.410 e. The minimum Gasteiger partial charge on any atom is -0.447 e. The van der Waals surface area contributed by atoms with Crippen LogP contribution in [-0.2, 0) is 11.2 Å². The van der Waals surface area contributed by atoms with Gasteiger partial charge in [0.25, 0.3) is 5.69 Å². The van der Waals surface area contributed by atoms with Crippen molar-refractivity contribution in [3.05, 3.63) is 45.5 Å². The lowest BCUT2D eigenvalue weighted by atomic mass is 9.96. The Kier molecular flexibility index (Phi) is 5.95. The van der Waals surface area contributed by atoms with Gasteiger partial charge in [0.2, 0.25) is 0 Å². The Balaban J connectivity index is 2.15. The van der Waals surface area contributed by atoms with Crippen molar-refractivity contribution < 1.29 is 14.5 Å². The third kappa shape index (κ3) is 4.34. The maximum absolute atomic E-state index is 11.9. The van der Waals surface area contributed by atoms with E-state index in [0.717, 1.165) is 29.5 Å². The van der Waals surface area contributed by atoms with Gasteiger partial charge in [-0.3, -0.25) is 10.1 Å². The summed E-state index contributed by atoms with van der Waals surface area (Å²) in [4.78, 5) is 24.4. The minimum atomic E-state index is -0.326. The molecule has 6 heteroatoms. The van der Waals surface area contributed by atoms with E-state index in [1.165, 1.54) is 0 Å². The predicted molar refractivity (Wildman–Crippen MR) is 92.9 cm³/mol. The molecule has 0 unspecified atom stereocenters. The third-order valence-corrected chi connectivity index (χ3v) is 3.97. The van der Waals surface area contributed by atoms with Crippen molar-refractivity contribution in [1.29, 1.82) is 0 Å². The summed E-state index contributed by atoms with van der Waals surface area (Å²) in [5.41, 5.74) is 3.07. The van der Waals surface area contributed by atoms with Crippen LogP contribution in [0.1, 0.15) is 44.7 Å². The SMILES string of the molecule is CCCc1cc(C2=CCN(C(=O)OC(C)C)CC2)ccc1[N+](=O)[O-]. The number of hydrogen-bond acceptors (Lipinski definition) is 4. The highest BCUT2D eigenvalue weighted by molar-refractivity contribution is 5.73. The zero-order valence-corrected chi connectivity index (χ0v) is 14.4. The van der Waals surface area contributed by atoms with E-state index in [-0.39, 0.29) is 22.8 Å². The lowest BCUT2D eigenvalue weighted by molar-refractivity contribution is -0.385. The van der Waals surface area contributed by atoms with Crippen LogP contribution in [0.3, 0.4) is 0 Å². The second-order valence-corrected chi connectivity index (χ2v) is 6.21. The number of nitrogens with zero attached hydrogens (tertiary/aromatic N) is 2. The number of carbonyl (C=O) groups is 1. The van der Waals surface area contributed by atoms with Gasteiger partial charge in [-0.15, -0.1) is 0 Å². The Labute approximate surface area is 142 Å². The highest BCUT2D eigenvalue weighted by atomic mass is 16.6. The van der Waals surface area contributed by atoms with Crippen molar-refractivity contribution in [2.45, 2.75) is 46.1 Å². The van der Waals surface area contributed by atoms with E-state index in [9.17, 15) is 14.9 Å². The summed E-state index contributed by atoms with van der Waals surface area (Å²) in [5.74, 6) is 0. The number of aryl methyl sites for hydroxylation is 1. The van der Waals surface area contributed by atoms with Crippen molar-refractivity contribution in [1.82, 2.24) is 4.90 Å². The van der Waals surface area contributed by atoms with Crippen molar-refractivity contribution in [2.24, 2.45) is 0 Å². The lowest BCUT2D eigenvalue weighted by Gasteiger charge is -2.27. The van der Waals surface area contributed by atoms with Crippen LogP contribution in [0.25, 0.3) is 5.57 Å². The van der Waals surface area contributed by atoms with E-state index < -0.39 is 0 Å². The van der Waals surface area contributed by atoms with Gasteiger partial charge in [-0.2, -0.15) is 0 Å². The van der Waals surface area contributed by atoms with Gasteiger partial charge in [-0.05, 0) is 50.0 Å². The molecule has 0 radical (unpaired) electrons. The second kappa shape index (κ2) is 7.95. The molecular weight excluding hydrogens is 308 g/mol. The van der Waals surface area contributed by atoms with E-state index in [2.05, 4.69) is 0 Å². The molecular formula is C18H24N2O4. The van der Waals surface area contributed by atoms with Crippen LogP contribution >= 0.6 is 0 Å². The fourth-order valence-corrected chi connectivity index (χ4v) is 2.81. The maximum Gasteiger partial charge on any atom is 0.410 e. The molecule has 1 aliphatic rings. The quantitative estimate of drug-likeness (QED) is 0.599. The predicted octanol–water partition coefficient (Wildman–Crippen LogP) is 4.18. The van der Waals surface area contributed by atoms with Gasteiger partial charge in [0.1, 0.15) is 0 Å². The molecule has 0 N–H and O–H groups in total. The first kappa shape index (κ1) is 18.0. The molecule has 1 aromatic rings. The molecule has 1 amide bonds. The van der Waals surface area contributed by atoms with E-state index in [4.69, 9.17) is 4.74 Å². The van der Waals surface area contributed by atoms with Gasteiger partial charge in [-0.25, -0.2) is 4.79 Å². The molecule has 0 saturated heterocycles. The summed E-state index contributed by atoms with van der Waals surface area (Å²) in [6.45, 7) is 6.76. The number of benzene rings is 1. The van der Waals surface area contributed by atoms with Crippen LogP contribution in [0, 0.1) is 10.1 Å². The summed E-state index contributed by atoms with van der Waals surface area (Å²) in [7, 11) is 0. The van der Waals surface area contributed by atoms with E-state index in [1.54, 1.807) is 17.0 Å². The van der Waals surface area contributed by atoms with Crippen molar-refractivity contribution in [2.75, 3.05) is 13.1 Å². The highest BCUT2D eigenvalue weighted by Gasteiger charge is 2.21. The fourth-order valence-electron chi connectivity index (χ4n) is 2.81. The van der Waals surface area contributed by atoms with Crippen molar-refractivity contribution in [3.8, 4) is 0 Å². The monoisotopic (exact) mass is 332 g/mol. The summed E-state index contributed by atoms with van der Waals surface area (Å²) in [6.07, 6.45) is 3.84. The number of hydrogen-bond donors (Lipinski definition) is 0. The summed E-state index contributed by atoms with van der Waals surface area (Å²) in [6, 6.07) is 5.29. The standard InChI is InChI=1S/C18H24N2O4/c1-4-5-16-12-15(6-7-17(16)20(22)23)14-8-10-19(11-9-14)18(21)24-13(2)3/h6-8,12-13H,4-5,9-11H2,1-3H3. The van der Waals surface area contributed by atoms with Gasteiger partial charge < -0.3 is 9.64 Å². The van der Waals surface area contributed by atoms with Gasteiger partial charge in [-0.1, -0.05) is 19.4 Å². The highest BCUT2D eigenvalue weighted by Crippen LogP contribution is 2.28. The first-order chi connectivity index (χ1) is 11.4. The first-order valence-electron chi connectivity index (χ1n) is 8.34. The topological polar surface area (TPSA) is 72.7 Å². The summed E-state index contributed by atoms with van der Waals surface area (Å²) >= 11 is 0. The van der Waals surface area contributed by atoms with Crippen molar-refractivity contribution in [3.63, 3.8) is 0 Å². The Morgan fingerprint density at radius 2 is 2.17 bits per heavy atom. The molecule has 130 valence electrons. The molecule has 2 rings (SSSR count). The van der Waals surface area contributed by atoms with Crippen LogP contribution in [0.4, 0.5) is 10.5 Å². The fraction of sp³-hybridized carbons (Fsp3) is 0.500. The van der Waals surface area contributed by atoms with Gasteiger partial charge in [0, 0.05) is 24.7 Å². The van der Waals surface area contributed by atoms with E-state index in [1.807, 2.05) is 32.9 Å². The normalized spacial score (nSPS) is 14.5. The molecule has 0 spiro atoms. The molecule has 1 aliphatic heterocycles. The van der Waals surface area contributed by atoms with Crippen LogP contribution in [0.2, 0.25) is 0 Å². The lowest BCUT2D eigenvalue weighted by Crippen LogP contribution is -2.36. The maximum atomic E-state index is 11.9. The molecule has 0 fully saturated rings. The second-order valence-electron chi connectivity index (χ2n) is 6.21. The third-order valence-electron chi connectivity index (χ3n) is 3.97. The van der Waals surface area contributed by atoms with Crippen LogP contribution in [-0.4, -0.2) is 35.1 Å². The summed E-state index contributed by atoms with van der Waals surface area (Å²) < 4.78 is 5.21. The van der Waals surface area contributed by atoms with Crippen molar-refractivity contribution >= 4 is 17.4 Å². The minimum absolute atomic E-state index is 0.130. The zero-order valence-electron chi connectivity index (χ0n) is 14.4. The Morgan fingerprint density at radius 3 is 2.71 bits per heavy atom. The molecule has 0 aliphatic carbocycles. The largest absolute Gasteiger partial charge is 0.447 e. The van der Waals surface area contributed by atoms with Gasteiger partial charge >= 0.3 is 6.09 Å². The Hall–Kier alpha value is -2.37. The Bertz CT molecular complexity index is 652. The molecule has 0 saturated carbocycles. The van der Waals surface area contributed by atoms with Crippen LogP contribution in [0.15, 0.2) is 24.3 Å². The first-order valence-corrected chi connectivity index (χ1v) is 8.34. The summed E-state index contributed by atoms with van der Waals surface area (Å²) in [5, 5.41) is 11.1. The average Bonchev–Trinajstić information content (AvgIpc) is 2.54. The molecule has 0 bridgehead atoms. The van der Waals surface area contributed by atoms with Gasteiger partial charge in [0.15, 0.2) is 0 Å². The van der Waals surface area contributed by atoms with Gasteiger partial charge in [0.05, 0.1) is 11.0 Å². The molecule has 1 aromatic carbocycles. The van der Waals surface area contributed by atoms with Crippen LogP contribution < -0.4 is 0 Å². The molecule has 24 heavy (non-hydrogen) atoms. The number of ether oxygens (including phenoxy) is 1. The average molecular weight is 332 g/mol. The molecule has 0 atom stereocenters. The van der Waals surface area contributed by atoms with Crippen LogP contribution in [0.5, 0.6) is 0 Å². The molecule has 0 aromatic heterocycles. The number of nitro benzene ring substituents is 1. The number of amides is 1. The zero-order chi connectivity index (χ0) is 17.7. The number of carbonyl (C=O) groups excluding carboxylic acids is 1. The molecule has 1 heterocycles. The van der Waals surface area contributed by atoms with E-state index >= 15 is 0 Å². The van der Waals surface area contributed by atoms with E-state index in [0.29, 0.717) is 19.5 Å². The number of nitro groups is 1.